The first-order valence-electron chi connectivity index (χ1n) is 25.9. The van der Waals surface area contributed by atoms with Crippen LogP contribution < -0.4 is 0 Å². The van der Waals surface area contributed by atoms with E-state index >= 15 is 0 Å². The lowest BCUT2D eigenvalue weighted by Crippen LogP contribution is -2.01. The number of rotatable bonds is 10. The van der Waals surface area contributed by atoms with Gasteiger partial charge in [0.1, 0.15) is 0 Å². The van der Waals surface area contributed by atoms with Crippen molar-refractivity contribution in [1.29, 1.82) is 0 Å². The van der Waals surface area contributed by atoms with E-state index in [4.69, 9.17) is 39.9 Å². The number of benzene rings is 11. The van der Waals surface area contributed by atoms with Crippen LogP contribution >= 0.6 is 0 Å². The monoisotopic (exact) mass is 996 g/mol. The van der Waals surface area contributed by atoms with Crippen molar-refractivity contribution in [3.05, 3.63) is 267 Å². The molecule has 3 heterocycles. The quantitative estimate of drug-likeness (QED) is 0.133. The molecule has 0 aliphatic carbocycles. The van der Waals surface area contributed by atoms with Gasteiger partial charge in [-0.05, 0) is 50.4 Å². The van der Waals surface area contributed by atoms with Crippen molar-refractivity contribution in [2.45, 2.75) is 0 Å². The molecule has 0 saturated heterocycles. The lowest BCUT2D eigenvalue weighted by molar-refractivity contribution is 1.07. The lowest BCUT2D eigenvalue weighted by atomic mass is 9.90. The SMILES string of the molecule is c1ccc(-c2nc(-c3ccccc3)nc(-c3ccc(-c4nc(-c5ccc(-c6nc(-c7ccccc7)nc(-c7ccccc7)n6)cc5)c5cc(-c6cccc7ccccc67)cc(-c6cccc7ccccc67)c5n4)cc3)n2)cc1. The predicted molar refractivity (Wildman–Crippen MR) is 316 cm³/mol. The second kappa shape index (κ2) is 19.9. The van der Waals surface area contributed by atoms with E-state index < -0.39 is 0 Å². The molecule has 0 radical (unpaired) electrons. The van der Waals surface area contributed by atoms with Crippen LogP contribution in [0, 0.1) is 0 Å². The smallest absolute Gasteiger partial charge is 0.164 e. The van der Waals surface area contributed by atoms with Gasteiger partial charge in [-0.25, -0.2) is 39.9 Å². The first kappa shape index (κ1) is 45.9. The molecule has 0 amide bonds. The van der Waals surface area contributed by atoms with Crippen LogP contribution in [0.2, 0.25) is 0 Å². The maximum absolute atomic E-state index is 5.58. The number of aromatic nitrogens is 8. The minimum absolute atomic E-state index is 0.568. The predicted octanol–water partition coefficient (Wildman–Crippen LogP) is 17.0. The normalized spacial score (nSPS) is 11.3. The zero-order chi connectivity index (χ0) is 51.8. The molecule has 0 fully saturated rings. The maximum atomic E-state index is 5.58. The van der Waals surface area contributed by atoms with E-state index in [1.165, 1.54) is 10.8 Å². The molecule has 78 heavy (non-hydrogen) atoms. The van der Waals surface area contributed by atoms with E-state index in [1.54, 1.807) is 0 Å². The van der Waals surface area contributed by atoms with Crippen LogP contribution in [-0.4, -0.2) is 39.9 Å². The topological polar surface area (TPSA) is 103 Å². The van der Waals surface area contributed by atoms with Gasteiger partial charge in [0.05, 0.1) is 11.2 Å². The Morgan fingerprint density at radius 2 is 0.500 bits per heavy atom. The Morgan fingerprint density at radius 3 is 0.923 bits per heavy atom. The third kappa shape index (κ3) is 8.79. The summed E-state index contributed by atoms with van der Waals surface area (Å²) in [6.07, 6.45) is 0. The fourth-order valence-electron chi connectivity index (χ4n) is 10.3. The van der Waals surface area contributed by atoms with Crippen LogP contribution in [0.4, 0.5) is 0 Å². The maximum Gasteiger partial charge on any atom is 0.164 e. The molecule has 3 aromatic heterocycles. The number of nitrogens with zero attached hydrogens (tertiary/aromatic N) is 8. The molecule has 0 bridgehead atoms. The Balaban J connectivity index is 0.967. The van der Waals surface area contributed by atoms with Gasteiger partial charge >= 0.3 is 0 Å². The van der Waals surface area contributed by atoms with Crippen molar-refractivity contribution in [1.82, 2.24) is 39.9 Å². The van der Waals surface area contributed by atoms with Crippen molar-refractivity contribution >= 4 is 32.4 Å². The Bertz CT molecular complexity index is 4390. The highest BCUT2D eigenvalue weighted by Gasteiger charge is 2.21. The summed E-state index contributed by atoms with van der Waals surface area (Å²) in [5, 5.41) is 5.53. The highest BCUT2D eigenvalue weighted by molar-refractivity contribution is 6.10. The zero-order valence-corrected chi connectivity index (χ0v) is 42.0. The molecule has 0 saturated carbocycles. The highest BCUT2D eigenvalue weighted by atomic mass is 15.0. The summed E-state index contributed by atoms with van der Waals surface area (Å²) in [4.78, 5) is 41.2. The van der Waals surface area contributed by atoms with E-state index in [2.05, 4.69) is 133 Å². The van der Waals surface area contributed by atoms with Gasteiger partial charge in [0.2, 0.25) is 0 Å². The molecule has 8 heteroatoms. The Hall–Kier alpha value is -10.7. The molecule has 8 nitrogen and oxygen atoms in total. The molecule has 14 aromatic rings. The Kier molecular flexibility index (Phi) is 11.7. The fourth-order valence-corrected chi connectivity index (χ4v) is 10.3. The minimum atomic E-state index is 0.568. The van der Waals surface area contributed by atoms with E-state index in [9.17, 15) is 0 Å². The molecule has 0 spiro atoms. The summed E-state index contributed by atoms with van der Waals surface area (Å²) < 4.78 is 0. The average molecular weight is 997 g/mol. The molecule has 0 N–H and O–H groups in total. The van der Waals surface area contributed by atoms with Crippen LogP contribution in [0.5, 0.6) is 0 Å². The molecule has 0 atom stereocenters. The van der Waals surface area contributed by atoms with Crippen molar-refractivity contribution in [2.75, 3.05) is 0 Å². The summed E-state index contributed by atoms with van der Waals surface area (Å²) in [6, 6.07) is 91.5. The minimum Gasteiger partial charge on any atom is -0.227 e. The first-order valence-corrected chi connectivity index (χ1v) is 25.9. The summed E-state index contributed by atoms with van der Waals surface area (Å²) in [7, 11) is 0. The van der Waals surface area contributed by atoms with Gasteiger partial charge in [0.25, 0.3) is 0 Å². The van der Waals surface area contributed by atoms with Gasteiger partial charge in [-0.3, -0.25) is 0 Å². The second-order valence-electron chi connectivity index (χ2n) is 19.1. The number of hydrogen-bond acceptors (Lipinski definition) is 8. The molecular formula is C70H44N8. The zero-order valence-electron chi connectivity index (χ0n) is 42.0. The molecular weight excluding hydrogens is 953 g/mol. The van der Waals surface area contributed by atoms with Crippen molar-refractivity contribution in [2.24, 2.45) is 0 Å². The summed E-state index contributed by atoms with van der Waals surface area (Å²) >= 11 is 0. The molecule has 0 unspecified atom stereocenters. The number of fused-ring (bicyclic) bond motifs is 3. The summed E-state index contributed by atoms with van der Waals surface area (Å²) in [5.74, 6) is 4.13. The highest BCUT2D eigenvalue weighted by Crippen LogP contribution is 2.42. The average Bonchev–Trinajstić information content (AvgIpc) is 3.59. The lowest BCUT2D eigenvalue weighted by Gasteiger charge is -2.17. The Labute approximate surface area is 450 Å². The van der Waals surface area contributed by atoms with Crippen LogP contribution in [0.15, 0.2) is 267 Å². The fraction of sp³-hybridized carbons (Fsp3) is 0. The number of hydrogen-bond donors (Lipinski definition) is 0. The van der Waals surface area contributed by atoms with Crippen molar-refractivity contribution in [3.8, 4) is 113 Å². The molecule has 0 aliphatic heterocycles. The molecule has 14 rings (SSSR count). The van der Waals surface area contributed by atoms with E-state index in [-0.39, 0.29) is 0 Å². The molecule has 364 valence electrons. The third-order valence-corrected chi connectivity index (χ3v) is 14.2. The van der Waals surface area contributed by atoms with Crippen LogP contribution in [0.1, 0.15) is 0 Å². The van der Waals surface area contributed by atoms with Crippen molar-refractivity contribution in [3.63, 3.8) is 0 Å². The van der Waals surface area contributed by atoms with Gasteiger partial charge in [-0.2, -0.15) is 0 Å². The van der Waals surface area contributed by atoms with E-state index in [0.29, 0.717) is 40.8 Å². The van der Waals surface area contributed by atoms with Crippen LogP contribution in [-0.2, 0) is 0 Å². The Morgan fingerprint density at radius 1 is 0.179 bits per heavy atom. The van der Waals surface area contributed by atoms with E-state index in [1.807, 2.05) is 133 Å². The molecule has 0 aliphatic rings. The summed E-state index contributed by atoms with van der Waals surface area (Å²) in [5.41, 5.74) is 13.0. The van der Waals surface area contributed by atoms with Gasteiger partial charge in [-0.1, -0.05) is 255 Å². The van der Waals surface area contributed by atoms with Gasteiger partial charge < -0.3 is 0 Å². The van der Waals surface area contributed by atoms with Gasteiger partial charge in [0, 0.05) is 55.5 Å². The van der Waals surface area contributed by atoms with E-state index in [0.717, 1.165) is 94.1 Å². The third-order valence-electron chi connectivity index (χ3n) is 14.2. The summed E-state index contributed by atoms with van der Waals surface area (Å²) in [6.45, 7) is 0. The first-order chi connectivity index (χ1) is 38.6. The van der Waals surface area contributed by atoms with Crippen molar-refractivity contribution < 1.29 is 0 Å². The van der Waals surface area contributed by atoms with Gasteiger partial charge in [-0.15, -0.1) is 0 Å². The second-order valence-corrected chi connectivity index (χ2v) is 19.1. The standard InChI is InChI=1S/C70H44N8/c1-5-21-48(22-6-1)65-73-66(49-23-7-2-8-24-49)76-69(75-65)53-37-35-47(36-38-53)62-61-44-55(58-33-17-29-45-19-13-15-31-56(45)58)43-60(59-34-18-30-46-20-14-16-32-57(46)59)63(61)72-64(71-62)52-39-41-54(42-40-52)70-77-67(50-25-9-3-10-26-50)74-68(78-70)51-27-11-4-12-28-51/h1-44H. The molecule has 11 aromatic carbocycles. The van der Waals surface area contributed by atoms with Crippen LogP contribution in [0.25, 0.3) is 146 Å². The largest absolute Gasteiger partial charge is 0.227 e. The van der Waals surface area contributed by atoms with Gasteiger partial charge in [0.15, 0.2) is 40.8 Å². The van der Waals surface area contributed by atoms with Crippen LogP contribution in [0.3, 0.4) is 0 Å².